The summed E-state index contributed by atoms with van der Waals surface area (Å²) in [6.45, 7) is 15.0. The molecular formula is C28H29N3. The van der Waals surface area contributed by atoms with Crippen LogP contribution in [0.4, 0.5) is 0 Å². The topological polar surface area (TPSA) is 38.7 Å². The van der Waals surface area contributed by atoms with Crippen molar-refractivity contribution in [2.45, 2.75) is 48.5 Å². The Labute approximate surface area is 185 Å². The number of aryl methyl sites for hydroxylation is 3. The lowest BCUT2D eigenvalue weighted by molar-refractivity contribution is 1.06. The van der Waals surface area contributed by atoms with Crippen LogP contribution in [0.15, 0.2) is 48.5 Å². The van der Waals surface area contributed by atoms with E-state index in [1.165, 1.54) is 38.9 Å². The summed E-state index contributed by atoms with van der Waals surface area (Å²) in [5, 5.41) is 0. The van der Waals surface area contributed by atoms with E-state index in [4.69, 9.17) is 15.0 Å². The zero-order valence-corrected chi connectivity index (χ0v) is 19.5. The molecule has 0 aliphatic rings. The van der Waals surface area contributed by atoms with Crippen LogP contribution in [0.1, 0.15) is 38.9 Å². The first-order chi connectivity index (χ1) is 14.8. The zero-order chi connectivity index (χ0) is 22.3. The molecule has 0 atom stereocenters. The van der Waals surface area contributed by atoms with Gasteiger partial charge in [0.05, 0.1) is 0 Å². The van der Waals surface area contributed by atoms with Crippen LogP contribution in [0, 0.1) is 48.5 Å². The van der Waals surface area contributed by atoms with Crippen molar-refractivity contribution in [3.63, 3.8) is 0 Å². The van der Waals surface area contributed by atoms with Crippen LogP contribution in [0.5, 0.6) is 0 Å². The van der Waals surface area contributed by atoms with Crippen molar-refractivity contribution < 1.29 is 0 Å². The lowest BCUT2D eigenvalue weighted by Gasteiger charge is -2.15. The van der Waals surface area contributed by atoms with Crippen molar-refractivity contribution in [2.24, 2.45) is 0 Å². The fraction of sp³-hybridized carbons (Fsp3) is 0.250. The molecule has 0 spiro atoms. The van der Waals surface area contributed by atoms with Gasteiger partial charge in [-0.05, 0) is 87.9 Å². The molecule has 31 heavy (non-hydrogen) atoms. The third-order valence-corrected chi connectivity index (χ3v) is 6.51. The number of hydrogen-bond donors (Lipinski definition) is 0. The fourth-order valence-corrected chi connectivity index (χ4v) is 3.93. The van der Waals surface area contributed by atoms with Crippen molar-refractivity contribution in [2.75, 3.05) is 0 Å². The van der Waals surface area contributed by atoms with Crippen molar-refractivity contribution in [3.05, 3.63) is 87.5 Å². The molecule has 4 rings (SSSR count). The SMILES string of the molecule is Cc1cccc(-c2nc(-c3ccc(C)c(C)c3C)nc(-c3ccc(C)c(C)c3C)n2)c1. The summed E-state index contributed by atoms with van der Waals surface area (Å²) < 4.78 is 0. The van der Waals surface area contributed by atoms with Crippen LogP contribution in [-0.2, 0) is 0 Å². The molecule has 0 bridgehead atoms. The largest absolute Gasteiger partial charge is 0.208 e. The van der Waals surface area contributed by atoms with Gasteiger partial charge in [-0.3, -0.25) is 0 Å². The molecule has 156 valence electrons. The Hall–Kier alpha value is -3.33. The standard InChI is InChI=1S/C28H29N3/c1-16-9-8-10-23(15-16)26-29-27(24-13-11-17(2)19(4)21(24)6)31-28(30-26)25-14-12-18(3)20(5)22(25)7/h8-15H,1-7H3. The van der Waals surface area contributed by atoms with Gasteiger partial charge >= 0.3 is 0 Å². The van der Waals surface area contributed by atoms with E-state index in [1.54, 1.807) is 0 Å². The second-order valence-electron chi connectivity index (χ2n) is 8.54. The van der Waals surface area contributed by atoms with E-state index < -0.39 is 0 Å². The summed E-state index contributed by atoms with van der Waals surface area (Å²) in [5.74, 6) is 2.15. The van der Waals surface area contributed by atoms with Gasteiger partial charge in [0.25, 0.3) is 0 Å². The van der Waals surface area contributed by atoms with Gasteiger partial charge in [-0.2, -0.15) is 0 Å². The van der Waals surface area contributed by atoms with Gasteiger partial charge in [0.1, 0.15) is 0 Å². The Kier molecular flexibility index (Phi) is 5.45. The summed E-state index contributed by atoms with van der Waals surface area (Å²) >= 11 is 0. The maximum Gasteiger partial charge on any atom is 0.164 e. The Morgan fingerprint density at radius 2 is 0.968 bits per heavy atom. The van der Waals surface area contributed by atoms with E-state index in [0.29, 0.717) is 5.82 Å². The summed E-state index contributed by atoms with van der Waals surface area (Å²) in [4.78, 5) is 14.8. The highest BCUT2D eigenvalue weighted by molar-refractivity contribution is 5.71. The molecule has 0 N–H and O–H groups in total. The molecule has 1 aromatic heterocycles. The van der Waals surface area contributed by atoms with Gasteiger partial charge < -0.3 is 0 Å². The lowest BCUT2D eigenvalue weighted by atomic mass is 9.97. The molecule has 0 fully saturated rings. The number of hydrogen-bond acceptors (Lipinski definition) is 3. The summed E-state index contributed by atoms with van der Waals surface area (Å²) in [6, 6.07) is 16.9. The summed E-state index contributed by atoms with van der Waals surface area (Å²) in [5.41, 5.74) is 11.8. The molecule has 0 aliphatic carbocycles. The number of aromatic nitrogens is 3. The Balaban J connectivity index is 2.01. The minimum Gasteiger partial charge on any atom is -0.208 e. The van der Waals surface area contributed by atoms with E-state index in [9.17, 15) is 0 Å². The predicted octanol–water partition coefficient (Wildman–Crippen LogP) is 7.03. The van der Waals surface area contributed by atoms with E-state index in [2.05, 4.69) is 97.0 Å². The van der Waals surface area contributed by atoms with Crippen LogP contribution >= 0.6 is 0 Å². The van der Waals surface area contributed by atoms with Crippen LogP contribution in [0.25, 0.3) is 34.2 Å². The second kappa shape index (κ2) is 8.07. The quantitative estimate of drug-likeness (QED) is 0.366. The first-order valence-corrected chi connectivity index (χ1v) is 10.7. The monoisotopic (exact) mass is 407 g/mol. The molecular weight excluding hydrogens is 378 g/mol. The molecule has 4 aromatic rings. The Bertz CT molecular complexity index is 1230. The molecule has 1 heterocycles. The van der Waals surface area contributed by atoms with Crippen molar-refractivity contribution in [3.8, 4) is 34.2 Å². The van der Waals surface area contributed by atoms with E-state index in [1.807, 2.05) is 0 Å². The molecule has 0 saturated carbocycles. The average molecular weight is 408 g/mol. The molecule has 3 nitrogen and oxygen atoms in total. The molecule has 0 saturated heterocycles. The first kappa shape index (κ1) is 20.9. The zero-order valence-electron chi connectivity index (χ0n) is 19.5. The minimum absolute atomic E-state index is 0.707. The van der Waals surface area contributed by atoms with Crippen LogP contribution in [-0.4, -0.2) is 15.0 Å². The van der Waals surface area contributed by atoms with Crippen molar-refractivity contribution in [1.29, 1.82) is 0 Å². The van der Waals surface area contributed by atoms with Crippen LogP contribution < -0.4 is 0 Å². The number of benzene rings is 3. The summed E-state index contributed by atoms with van der Waals surface area (Å²) in [6.07, 6.45) is 0. The molecule has 0 amide bonds. The normalized spacial score (nSPS) is 11.1. The lowest BCUT2D eigenvalue weighted by Crippen LogP contribution is -2.03. The van der Waals surface area contributed by atoms with Gasteiger partial charge in [0.2, 0.25) is 0 Å². The Morgan fingerprint density at radius 3 is 1.45 bits per heavy atom. The molecule has 0 radical (unpaired) electrons. The van der Waals surface area contributed by atoms with Crippen LogP contribution in [0.3, 0.4) is 0 Å². The van der Waals surface area contributed by atoms with Crippen molar-refractivity contribution >= 4 is 0 Å². The molecule has 3 heteroatoms. The Morgan fingerprint density at radius 1 is 0.484 bits per heavy atom. The fourth-order valence-electron chi connectivity index (χ4n) is 3.93. The third-order valence-electron chi connectivity index (χ3n) is 6.51. The third kappa shape index (κ3) is 3.88. The van der Waals surface area contributed by atoms with Crippen LogP contribution in [0.2, 0.25) is 0 Å². The van der Waals surface area contributed by atoms with E-state index in [0.717, 1.165) is 28.3 Å². The van der Waals surface area contributed by atoms with Crippen molar-refractivity contribution in [1.82, 2.24) is 15.0 Å². The molecule has 0 aliphatic heterocycles. The average Bonchev–Trinajstić information content (AvgIpc) is 2.76. The highest BCUT2D eigenvalue weighted by atomic mass is 15.0. The smallest absolute Gasteiger partial charge is 0.164 e. The van der Waals surface area contributed by atoms with Gasteiger partial charge in [-0.1, -0.05) is 48.0 Å². The van der Waals surface area contributed by atoms with Gasteiger partial charge in [-0.25, -0.2) is 15.0 Å². The van der Waals surface area contributed by atoms with Gasteiger partial charge in [0, 0.05) is 16.7 Å². The predicted molar refractivity (Wildman–Crippen MR) is 129 cm³/mol. The van der Waals surface area contributed by atoms with E-state index >= 15 is 0 Å². The molecule has 0 unspecified atom stereocenters. The number of rotatable bonds is 3. The van der Waals surface area contributed by atoms with Gasteiger partial charge in [0.15, 0.2) is 17.5 Å². The molecule has 3 aromatic carbocycles. The minimum atomic E-state index is 0.707. The van der Waals surface area contributed by atoms with E-state index in [-0.39, 0.29) is 0 Å². The maximum absolute atomic E-state index is 4.96. The first-order valence-electron chi connectivity index (χ1n) is 10.7. The number of nitrogens with zero attached hydrogens (tertiary/aromatic N) is 3. The maximum atomic E-state index is 4.96. The highest BCUT2D eigenvalue weighted by Gasteiger charge is 2.17. The summed E-state index contributed by atoms with van der Waals surface area (Å²) in [7, 11) is 0. The second-order valence-corrected chi connectivity index (χ2v) is 8.54. The van der Waals surface area contributed by atoms with Gasteiger partial charge in [-0.15, -0.1) is 0 Å². The highest BCUT2D eigenvalue weighted by Crippen LogP contribution is 2.31.